The highest BCUT2D eigenvalue weighted by atomic mass is 32.2. The number of ether oxygens (including phenoxy) is 2. The van der Waals surface area contributed by atoms with Crippen LogP contribution in [0.1, 0.15) is 47.0 Å². The number of hydrogen-bond donors (Lipinski definition) is 1. The van der Waals surface area contributed by atoms with Crippen LogP contribution in [0.2, 0.25) is 0 Å². The van der Waals surface area contributed by atoms with Crippen LogP contribution in [0.15, 0.2) is 64.5 Å². The maximum absolute atomic E-state index is 13.7. The number of aromatic nitrogens is 2. The molecule has 3 heterocycles. The molecule has 15 heteroatoms. The van der Waals surface area contributed by atoms with E-state index in [1.807, 2.05) is 4.90 Å². The molecule has 2 aliphatic heterocycles. The van der Waals surface area contributed by atoms with E-state index < -0.39 is 41.6 Å². The van der Waals surface area contributed by atoms with Crippen LogP contribution >= 0.6 is 11.8 Å². The first kappa shape index (κ1) is 31.5. The van der Waals surface area contributed by atoms with Crippen molar-refractivity contribution in [2.24, 2.45) is 4.99 Å². The van der Waals surface area contributed by atoms with E-state index in [-0.39, 0.29) is 29.4 Å². The molecule has 4 aromatic rings. The molecule has 0 aliphatic carbocycles. The number of carbonyl (C=O) groups is 1. The fourth-order valence-corrected chi connectivity index (χ4v) is 6.29. The second-order valence-corrected chi connectivity index (χ2v) is 11.5. The minimum absolute atomic E-state index is 0.0469. The van der Waals surface area contributed by atoms with Crippen molar-refractivity contribution in [1.82, 2.24) is 14.9 Å². The molecule has 1 saturated heterocycles. The van der Waals surface area contributed by atoms with E-state index >= 15 is 0 Å². The number of nitrogens with zero attached hydrogens (tertiary/aromatic N) is 3. The van der Waals surface area contributed by atoms with E-state index in [0.717, 1.165) is 18.9 Å². The maximum atomic E-state index is 13.7. The Balaban J connectivity index is 1.17. The van der Waals surface area contributed by atoms with Crippen LogP contribution in [-0.4, -0.2) is 39.6 Å². The van der Waals surface area contributed by atoms with Gasteiger partial charge in [0.05, 0.1) is 40.2 Å². The summed E-state index contributed by atoms with van der Waals surface area (Å²) in [6.07, 6.45) is -6.80. The molecule has 1 amide bonds. The summed E-state index contributed by atoms with van der Waals surface area (Å²) in [5.41, 5.74) is -1.65. The average molecular weight is 665 g/mol. The smallest absolute Gasteiger partial charge is 0.416 e. The number of amidine groups is 1. The Morgan fingerprint density at radius 3 is 2.57 bits per heavy atom. The molecule has 1 unspecified atom stereocenters. The summed E-state index contributed by atoms with van der Waals surface area (Å²) < 4.78 is 104. The van der Waals surface area contributed by atoms with Gasteiger partial charge in [0.15, 0.2) is 16.7 Å². The predicted molar refractivity (Wildman–Crippen MR) is 157 cm³/mol. The van der Waals surface area contributed by atoms with Crippen molar-refractivity contribution < 1.29 is 45.0 Å². The highest BCUT2D eigenvalue weighted by Gasteiger charge is 2.38. The summed E-state index contributed by atoms with van der Waals surface area (Å²) >= 11 is 1.18. The number of rotatable bonds is 6. The third-order valence-corrected chi connectivity index (χ3v) is 8.52. The topological polar surface area (TPSA) is 79.8 Å². The number of halogens is 7. The molecule has 46 heavy (non-hydrogen) atoms. The molecule has 0 radical (unpaired) electrons. The van der Waals surface area contributed by atoms with Gasteiger partial charge in [0, 0.05) is 12.1 Å². The van der Waals surface area contributed by atoms with Gasteiger partial charge in [-0.15, -0.1) is 0 Å². The third kappa shape index (κ3) is 6.41. The molecule has 6 rings (SSSR count). The van der Waals surface area contributed by atoms with Crippen molar-refractivity contribution >= 4 is 39.9 Å². The monoisotopic (exact) mass is 664 g/mol. The Kier molecular flexibility index (Phi) is 8.21. The molecule has 1 atom stereocenters. The van der Waals surface area contributed by atoms with E-state index in [1.54, 1.807) is 18.2 Å². The highest BCUT2D eigenvalue weighted by molar-refractivity contribution is 8.18. The number of imidazole rings is 1. The molecule has 240 valence electrons. The van der Waals surface area contributed by atoms with E-state index in [0.29, 0.717) is 45.1 Å². The highest BCUT2D eigenvalue weighted by Crippen LogP contribution is 2.41. The number of thioether (sulfide) groups is 1. The molecule has 0 spiro atoms. The molecule has 2 aliphatic rings. The van der Waals surface area contributed by atoms with Gasteiger partial charge >= 0.3 is 12.4 Å². The summed E-state index contributed by atoms with van der Waals surface area (Å²) in [6.45, 7) is -0.0379. The molecule has 1 fully saturated rings. The van der Waals surface area contributed by atoms with Crippen LogP contribution in [0.5, 0.6) is 11.5 Å². The van der Waals surface area contributed by atoms with Gasteiger partial charge in [-0.1, -0.05) is 12.1 Å². The van der Waals surface area contributed by atoms with Gasteiger partial charge in [-0.05, 0) is 78.7 Å². The summed E-state index contributed by atoms with van der Waals surface area (Å²) in [6, 6.07) is 9.96. The van der Waals surface area contributed by atoms with Crippen LogP contribution < -0.4 is 9.47 Å². The SMILES string of the molecule is COc1cc(C=C2SC(N3CCCC3c3nc4ccc(F)cc4[nH]3)=NC2=O)ccc1OCc1ccc(C(F)(F)F)cc1C(F)(F)F. The molecule has 0 saturated carbocycles. The van der Waals surface area contributed by atoms with Crippen LogP contribution in [0.3, 0.4) is 0 Å². The lowest BCUT2D eigenvalue weighted by atomic mass is 10.0. The minimum Gasteiger partial charge on any atom is -0.493 e. The molecular weight excluding hydrogens is 641 g/mol. The second kappa shape index (κ2) is 12.0. The number of aliphatic imine (C=N–C) groups is 1. The summed E-state index contributed by atoms with van der Waals surface area (Å²) in [5, 5.41) is 0.495. The first-order valence-electron chi connectivity index (χ1n) is 13.8. The Morgan fingerprint density at radius 1 is 1.02 bits per heavy atom. The molecular formula is C31H23F7N4O3S. The van der Waals surface area contributed by atoms with Crippen LogP contribution in [0, 0.1) is 5.82 Å². The fraction of sp³-hybridized carbons (Fsp3) is 0.258. The van der Waals surface area contributed by atoms with Crippen LogP contribution in [0.4, 0.5) is 30.7 Å². The molecule has 7 nitrogen and oxygen atoms in total. The van der Waals surface area contributed by atoms with Gasteiger partial charge in [0.2, 0.25) is 0 Å². The number of likely N-dealkylation sites (tertiary alicyclic amines) is 1. The van der Waals surface area contributed by atoms with Gasteiger partial charge in [-0.25, -0.2) is 9.37 Å². The Labute approximate surface area is 261 Å². The van der Waals surface area contributed by atoms with E-state index in [9.17, 15) is 35.5 Å². The van der Waals surface area contributed by atoms with Gasteiger partial charge in [0.25, 0.3) is 5.91 Å². The number of alkyl halides is 6. The lowest BCUT2D eigenvalue weighted by molar-refractivity contribution is -0.143. The average Bonchev–Trinajstić information content (AvgIpc) is 3.73. The fourth-order valence-electron chi connectivity index (χ4n) is 5.30. The second-order valence-electron chi connectivity index (χ2n) is 10.5. The number of methoxy groups -OCH3 is 1. The Bertz CT molecular complexity index is 1880. The standard InChI is InChI=1S/C31H23F7N4O3S/c1-44-25-11-16(4-9-24(25)45-15-17-5-6-18(30(33,34)35)13-20(17)31(36,37)38)12-26-28(43)41-29(46-26)42-10-2-3-23(42)27-39-21-8-7-19(32)14-22(21)40-27/h4-9,11-14,23H,2-3,10,15H2,1H3,(H,39,40). The third-order valence-electron chi connectivity index (χ3n) is 7.50. The van der Waals surface area contributed by atoms with Crippen molar-refractivity contribution in [1.29, 1.82) is 0 Å². The van der Waals surface area contributed by atoms with E-state index in [2.05, 4.69) is 15.0 Å². The first-order chi connectivity index (χ1) is 21.8. The number of nitrogens with one attached hydrogen (secondary N) is 1. The Morgan fingerprint density at radius 2 is 1.83 bits per heavy atom. The van der Waals surface area contributed by atoms with Crippen LogP contribution in [0.25, 0.3) is 17.1 Å². The Hall–Kier alpha value is -4.53. The number of fused-ring (bicyclic) bond motifs is 1. The number of amides is 1. The van der Waals surface area contributed by atoms with Crippen molar-refractivity contribution in [2.75, 3.05) is 13.7 Å². The van der Waals surface area contributed by atoms with Crippen molar-refractivity contribution in [2.45, 2.75) is 37.8 Å². The molecule has 1 aromatic heterocycles. The molecule has 0 bridgehead atoms. The maximum Gasteiger partial charge on any atom is 0.416 e. The lowest BCUT2D eigenvalue weighted by Crippen LogP contribution is -2.28. The number of aromatic amines is 1. The normalized spacial score (nSPS) is 18.1. The molecule has 3 aromatic carbocycles. The van der Waals surface area contributed by atoms with Gasteiger partial charge in [-0.2, -0.15) is 31.3 Å². The zero-order chi connectivity index (χ0) is 32.8. The largest absolute Gasteiger partial charge is 0.493 e. The summed E-state index contributed by atoms with van der Waals surface area (Å²) in [5.74, 6) is -0.0186. The van der Waals surface area contributed by atoms with E-state index in [1.165, 1.54) is 43.1 Å². The minimum atomic E-state index is -5.03. The van der Waals surface area contributed by atoms with Gasteiger partial charge in [-0.3, -0.25) is 4.79 Å². The zero-order valence-corrected chi connectivity index (χ0v) is 24.6. The van der Waals surface area contributed by atoms with Gasteiger partial charge < -0.3 is 19.4 Å². The number of carbonyl (C=O) groups excluding carboxylic acids is 1. The zero-order valence-electron chi connectivity index (χ0n) is 23.8. The lowest BCUT2D eigenvalue weighted by Gasteiger charge is -2.23. The summed E-state index contributed by atoms with van der Waals surface area (Å²) in [7, 11) is 1.31. The quantitative estimate of drug-likeness (QED) is 0.166. The molecule has 1 N–H and O–H groups in total. The van der Waals surface area contributed by atoms with Crippen LogP contribution in [-0.2, 0) is 23.8 Å². The summed E-state index contributed by atoms with van der Waals surface area (Å²) in [4.78, 5) is 27.2. The van der Waals surface area contributed by atoms with Crippen molar-refractivity contribution in [3.63, 3.8) is 0 Å². The number of hydrogen-bond acceptors (Lipinski definition) is 6. The predicted octanol–water partition coefficient (Wildman–Crippen LogP) is 8.13. The first-order valence-corrected chi connectivity index (χ1v) is 14.6. The van der Waals surface area contributed by atoms with Gasteiger partial charge in [0.1, 0.15) is 18.2 Å². The van der Waals surface area contributed by atoms with E-state index in [4.69, 9.17) is 9.47 Å². The van der Waals surface area contributed by atoms with Crippen molar-refractivity contribution in [3.05, 3.63) is 93.4 Å². The number of H-pyrrole nitrogens is 1. The van der Waals surface area contributed by atoms with Crippen molar-refractivity contribution in [3.8, 4) is 11.5 Å². The number of benzene rings is 3.